The number of aromatic amines is 1. The Hall–Kier alpha value is -2.42. The van der Waals surface area contributed by atoms with Crippen LogP contribution in [0.15, 0.2) is 40.5 Å². The van der Waals surface area contributed by atoms with Gasteiger partial charge in [0, 0.05) is 9.90 Å². The number of H-pyrrole nitrogens is 1. The highest BCUT2D eigenvalue weighted by atomic mass is 35.5. The fourth-order valence-electron chi connectivity index (χ4n) is 1.91. The molecule has 0 saturated heterocycles. The van der Waals surface area contributed by atoms with Gasteiger partial charge in [-0.05, 0) is 35.7 Å². The molecule has 0 aliphatic carbocycles. The van der Waals surface area contributed by atoms with Crippen molar-refractivity contribution in [2.45, 2.75) is 0 Å². The maximum absolute atomic E-state index is 12.1. The summed E-state index contributed by atoms with van der Waals surface area (Å²) in [5, 5.41) is 12.1. The number of rotatable bonds is 2. The van der Waals surface area contributed by atoms with Crippen molar-refractivity contribution in [1.82, 2.24) is 9.97 Å². The Labute approximate surface area is 129 Å². The number of nitrogens with one attached hydrogen (secondary N) is 1. The van der Waals surface area contributed by atoms with E-state index in [2.05, 4.69) is 16.0 Å². The molecule has 6 heteroatoms. The van der Waals surface area contributed by atoms with Crippen molar-refractivity contribution >= 4 is 45.5 Å². The van der Waals surface area contributed by atoms with Gasteiger partial charge >= 0.3 is 0 Å². The van der Waals surface area contributed by atoms with E-state index >= 15 is 0 Å². The predicted octanol–water partition coefficient (Wildman–Crippen LogP) is 3.70. The van der Waals surface area contributed by atoms with E-state index in [1.54, 1.807) is 24.3 Å². The molecule has 0 saturated carbocycles. The van der Waals surface area contributed by atoms with Crippen LogP contribution in [-0.4, -0.2) is 9.97 Å². The van der Waals surface area contributed by atoms with Crippen LogP contribution < -0.4 is 5.56 Å². The van der Waals surface area contributed by atoms with Gasteiger partial charge in [-0.25, -0.2) is 4.98 Å². The molecule has 0 atom stereocenters. The summed E-state index contributed by atoms with van der Waals surface area (Å²) in [6.45, 7) is 0. The fraction of sp³-hybridized carbons (Fsp3) is 0. The zero-order valence-corrected chi connectivity index (χ0v) is 12.2. The molecule has 2 aromatic heterocycles. The minimum Gasteiger partial charge on any atom is -0.305 e. The van der Waals surface area contributed by atoms with Gasteiger partial charge in [-0.3, -0.25) is 4.79 Å². The molecule has 2 heterocycles. The van der Waals surface area contributed by atoms with E-state index in [-0.39, 0.29) is 11.4 Å². The van der Waals surface area contributed by atoms with Gasteiger partial charge in [-0.15, -0.1) is 11.3 Å². The van der Waals surface area contributed by atoms with Gasteiger partial charge in [0.2, 0.25) is 0 Å². The highest BCUT2D eigenvalue weighted by molar-refractivity contribution is 7.10. The molecule has 0 amide bonds. The number of benzene rings is 1. The third-order valence-corrected chi connectivity index (χ3v) is 3.93. The first kappa shape index (κ1) is 13.6. The van der Waals surface area contributed by atoms with E-state index in [9.17, 15) is 10.1 Å². The first-order valence-corrected chi connectivity index (χ1v) is 7.28. The highest BCUT2D eigenvalue weighted by Crippen LogP contribution is 2.20. The molecule has 21 heavy (non-hydrogen) atoms. The Balaban J connectivity index is 2.20. The summed E-state index contributed by atoms with van der Waals surface area (Å²) in [4.78, 5) is 19.9. The third kappa shape index (κ3) is 2.72. The summed E-state index contributed by atoms with van der Waals surface area (Å²) in [6.07, 6.45) is 1.69. The molecule has 1 aromatic carbocycles. The van der Waals surface area contributed by atoms with Crippen molar-refractivity contribution in [2.75, 3.05) is 0 Å². The van der Waals surface area contributed by atoms with Gasteiger partial charge in [0.1, 0.15) is 6.07 Å². The number of fused-ring (bicyclic) bond motifs is 1. The van der Waals surface area contributed by atoms with Gasteiger partial charge in [0.15, 0.2) is 5.82 Å². The predicted molar refractivity (Wildman–Crippen MR) is 85.2 cm³/mol. The number of hydrogen-bond donors (Lipinski definition) is 1. The Morgan fingerprint density at radius 2 is 2.29 bits per heavy atom. The summed E-state index contributed by atoms with van der Waals surface area (Å²) in [6, 6.07) is 10.7. The van der Waals surface area contributed by atoms with Gasteiger partial charge in [0.25, 0.3) is 5.56 Å². The van der Waals surface area contributed by atoms with E-state index in [1.165, 1.54) is 11.3 Å². The summed E-state index contributed by atoms with van der Waals surface area (Å²) in [5.41, 5.74) is 0.476. The summed E-state index contributed by atoms with van der Waals surface area (Å²) < 4.78 is 0. The van der Waals surface area contributed by atoms with Crippen molar-refractivity contribution in [3.8, 4) is 6.07 Å². The second-order valence-corrected chi connectivity index (χ2v) is 5.68. The van der Waals surface area contributed by atoms with E-state index < -0.39 is 0 Å². The molecular formula is C15H8ClN3OS. The minimum atomic E-state index is -0.293. The van der Waals surface area contributed by atoms with Gasteiger partial charge in [-0.1, -0.05) is 17.7 Å². The van der Waals surface area contributed by atoms with Crippen LogP contribution in [0.4, 0.5) is 0 Å². The Morgan fingerprint density at radius 3 is 3.00 bits per heavy atom. The normalized spacial score (nSPS) is 11.5. The minimum absolute atomic E-state index is 0.241. The molecule has 0 bridgehead atoms. The topological polar surface area (TPSA) is 69.5 Å². The Bertz CT molecular complexity index is 936. The Kier molecular flexibility index (Phi) is 3.57. The molecule has 4 nitrogen and oxygen atoms in total. The molecule has 0 radical (unpaired) electrons. The largest absolute Gasteiger partial charge is 0.305 e. The smallest absolute Gasteiger partial charge is 0.259 e. The molecule has 0 fully saturated rings. The molecule has 0 aliphatic rings. The van der Waals surface area contributed by atoms with Crippen LogP contribution in [0.25, 0.3) is 22.6 Å². The molecule has 3 rings (SSSR count). The first-order chi connectivity index (χ1) is 10.2. The zero-order valence-electron chi connectivity index (χ0n) is 10.6. The van der Waals surface area contributed by atoms with E-state index in [1.807, 2.05) is 17.5 Å². The second kappa shape index (κ2) is 5.52. The van der Waals surface area contributed by atoms with Crippen molar-refractivity contribution in [2.24, 2.45) is 0 Å². The molecule has 102 valence electrons. The van der Waals surface area contributed by atoms with E-state index in [4.69, 9.17) is 11.6 Å². The van der Waals surface area contributed by atoms with E-state index in [0.717, 1.165) is 4.88 Å². The Morgan fingerprint density at radius 1 is 1.43 bits per heavy atom. The number of aromatic nitrogens is 2. The van der Waals surface area contributed by atoms with Crippen LogP contribution in [0.5, 0.6) is 0 Å². The fourth-order valence-corrected chi connectivity index (χ4v) is 2.73. The molecule has 1 N–H and O–H groups in total. The van der Waals surface area contributed by atoms with Crippen LogP contribution in [0.3, 0.4) is 0 Å². The average Bonchev–Trinajstić information content (AvgIpc) is 2.97. The van der Waals surface area contributed by atoms with Crippen molar-refractivity contribution in [3.05, 3.63) is 61.8 Å². The summed E-state index contributed by atoms with van der Waals surface area (Å²) in [7, 11) is 0. The van der Waals surface area contributed by atoms with Gasteiger partial charge < -0.3 is 4.98 Å². The third-order valence-electron chi connectivity index (χ3n) is 2.87. The van der Waals surface area contributed by atoms with Crippen molar-refractivity contribution in [1.29, 1.82) is 5.26 Å². The van der Waals surface area contributed by atoms with Crippen molar-refractivity contribution in [3.63, 3.8) is 0 Å². The average molecular weight is 314 g/mol. The quantitative estimate of drug-likeness (QED) is 0.733. The van der Waals surface area contributed by atoms with Crippen LogP contribution in [0.1, 0.15) is 10.7 Å². The molecular weight excluding hydrogens is 306 g/mol. The lowest BCUT2D eigenvalue weighted by molar-refractivity contribution is 1.13. The number of thiophene rings is 1. The summed E-state index contributed by atoms with van der Waals surface area (Å²) >= 11 is 7.42. The number of hydrogen-bond acceptors (Lipinski definition) is 4. The summed E-state index contributed by atoms with van der Waals surface area (Å²) in [5.74, 6) is 0.241. The van der Waals surface area contributed by atoms with Gasteiger partial charge in [0.05, 0.1) is 16.5 Å². The lowest BCUT2D eigenvalue weighted by atomic mass is 10.2. The maximum atomic E-state index is 12.1. The number of nitriles is 1. The lowest BCUT2D eigenvalue weighted by Crippen LogP contribution is -2.11. The van der Waals surface area contributed by atoms with Crippen LogP contribution in [0.2, 0.25) is 5.02 Å². The van der Waals surface area contributed by atoms with Crippen LogP contribution in [-0.2, 0) is 0 Å². The number of nitrogens with zero attached hydrogens (tertiary/aromatic N) is 2. The monoisotopic (exact) mass is 313 g/mol. The molecule has 0 unspecified atom stereocenters. The molecule has 0 spiro atoms. The molecule has 0 aliphatic heterocycles. The first-order valence-electron chi connectivity index (χ1n) is 6.02. The zero-order chi connectivity index (χ0) is 14.8. The van der Waals surface area contributed by atoms with E-state index in [0.29, 0.717) is 21.5 Å². The van der Waals surface area contributed by atoms with Crippen LogP contribution >= 0.6 is 22.9 Å². The number of halogens is 1. The standard InChI is InChI=1S/C15H8ClN3OS/c16-10-3-4-12-13(7-10)18-14(19-15(12)20)9(8-17)6-11-2-1-5-21-11/h1-7H,(H,18,19,20)/b9-6+. The lowest BCUT2D eigenvalue weighted by Gasteiger charge is -2.02. The van der Waals surface area contributed by atoms with Gasteiger partial charge in [-0.2, -0.15) is 5.26 Å². The highest BCUT2D eigenvalue weighted by Gasteiger charge is 2.09. The number of allylic oxidation sites excluding steroid dienone is 1. The SMILES string of the molecule is N#C/C(=C\c1cccs1)c1nc2cc(Cl)ccc2c(=O)[nH]1. The second-order valence-electron chi connectivity index (χ2n) is 4.26. The van der Waals surface area contributed by atoms with Crippen molar-refractivity contribution < 1.29 is 0 Å². The van der Waals surface area contributed by atoms with Crippen LogP contribution in [0, 0.1) is 11.3 Å². The molecule has 3 aromatic rings. The maximum Gasteiger partial charge on any atom is 0.259 e.